The quantitative estimate of drug-likeness (QED) is 0.362. The Bertz CT molecular complexity index is 1100. The highest BCUT2D eigenvalue weighted by Crippen LogP contribution is 2.29. The first-order valence-electron chi connectivity index (χ1n) is 11.0. The first-order valence-corrected chi connectivity index (χ1v) is 11.8. The summed E-state index contributed by atoms with van der Waals surface area (Å²) in [4.78, 5) is 31.7. The van der Waals surface area contributed by atoms with Crippen molar-refractivity contribution in [2.75, 3.05) is 13.1 Å². The van der Waals surface area contributed by atoms with Gasteiger partial charge in [0.05, 0.1) is 12.1 Å². The van der Waals surface area contributed by atoms with Crippen LogP contribution in [-0.2, 0) is 24.1 Å². The lowest BCUT2D eigenvalue weighted by molar-refractivity contribution is -0.137. The molecule has 0 aliphatic rings. The zero-order chi connectivity index (χ0) is 24.7. The van der Waals surface area contributed by atoms with Gasteiger partial charge in [0.1, 0.15) is 6.54 Å². The smallest absolute Gasteiger partial charge is 0.332 e. The lowest BCUT2D eigenvalue weighted by Crippen LogP contribution is -2.42. The number of rotatable bonds is 9. The van der Waals surface area contributed by atoms with Crippen LogP contribution in [0.2, 0.25) is 0 Å². The fourth-order valence-corrected chi connectivity index (χ4v) is 4.47. The predicted octanol–water partition coefficient (Wildman–Crippen LogP) is 6.16. The summed E-state index contributed by atoms with van der Waals surface area (Å²) in [5, 5.41) is 0. The van der Waals surface area contributed by atoms with E-state index in [2.05, 4.69) is 0 Å². The summed E-state index contributed by atoms with van der Waals surface area (Å²) in [7, 11) is 0. The summed E-state index contributed by atoms with van der Waals surface area (Å²) < 4.78 is 38.6. The molecule has 2 amide bonds. The average Bonchev–Trinajstić information content (AvgIpc) is 3.22. The molecule has 0 saturated heterocycles. The van der Waals surface area contributed by atoms with Crippen LogP contribution in [-0.4, -0.2) is 34.7 Å². The second kappa shape index (κ2) is 11.3. The van der Waals surface area contributed by atoms with Crippen molar-refractivity contribution in [2.45, 2.75) is 39.5 Å². The SMILES string of the molecule is CCCN(CC(=O)N(Cc1ccccc1)Cc1ccc(C)s1)C(=O)c1ccc(C(F)(F)F)cc1. The summed E-state index contributed by atoms with van der Waals surface area (Å²) in [6.07, 6.45) is -3.86. The maximum absolute atomic E-state index is 13.4. The molecule has 0 spiro atoms. The second-order valence-electron chi connectivity index (χ2n) is 8.05. The van der Waals surface area contributed by atoms with Gasteiger partial charge >= 0.3 is 6.18 Å². The minimum absolute atomic E-state index is 0.123. The minimum Gasteiger partial charge on any atom is -0.332 e. The molecule has 0 atom stereocenters. The fourth-order valence-electron chi connectivity index (χ4n) is 3.56. The number of amides is 2. The van der Waals surface area contributed by atoms with E-state index in [0.717, 1.165) is 39.6 Å². The molecule has 0 bridgehead atoms. The van der Waals surface area contributed by atoms with E-state index in [-0.39, 0.29) is 18.0 Å². The molecule has 0 unspecified atom stereocenters. The fraction of sp³-hybridized carbons (Fsp3) is 0.308. The van der Waals surface area contributed by atoms with Crippen LogP contribution in [0.15, 0.2) is 66.7 Å². The second-order valence-corrected chi connectivity index (χ2v) is 9.42. The normalized spacial score (nSPS) is 11.3. The minimum atomic E-state index is -4.47. The van der Waals surface area contributed by atoms with Gasteiger partial charge in [-0.05, 0) is 55.3 Å². The number of halogens is 3. The first kappa shape index (κ1) is 25.5. The van der Waals surface area contributed by atoms with E-state index in [9.17, 15) is 22.8 Å². The number of carbonyl (C=O) groups excluding carboxylic acids is 2. The Morgan fingerprint density at radius 3 is 2.12 bits per heavy atom. The molecule has 1 heterocycles. The van der Waals surface area contributed by atoms with Crippen molar-refractivity contribution in [3.63, 3.8) is 0 Å². The highest BCUT2D eigenvalue weighted by Gasteiger charge is 2.30. The van der Waals surface area contributed by atoms with Crippen LogP contribution in [0.1, 0.15) is 44.6 Å². The van der Waals surface area contributed by atoms with E-state index in [1.165, 1.54) is 4.90 Å². The lowest BCUT2D eigenvalue weighted by atomic mass is 10.1. The van der Waals surface area contributed by atoms with Crippen LogP contribution in [0.5, 0.6) is 0 Å². The van der Waals surface area contributed by atoms with Gasteiger partial charge in [-0.1, -0.05) is 37.3 Å². The molecule has 4 nitrogen and oxygen atoms in total. The molecule has 0 aliphatic carbocycles. The number of alkyl halides is 3. The van der Waals surface area contributed by atoms with Gasteiger partial charge in [-0.25, -0.2) is 0 Å². The number of hydrogen-bond acceptors (Lipinski definition) is 3. The van der Waals surface area contributed by atoms with Crippen molar-refractivity contribution in [3.05, 3.63) is 93.2 Å². The summed E-state index contributed by atoms with van der Waals surface area (Å²) in [5.41, 5.74) is 0.278. The van der Waals surface area contributed by atoms with Crippen molar-refractivity contribution >= 4 is 23.2 Å². The van der Waals surface area contributed by atoms with Crippen LogP contribution in [0.4, 0.5) is 13.2 Å². The molecule has 0 fully saturated rings. The van der Waals surface area contributed by atoms with Crippen LogP contribution in [0, 0.1) is 6.92 Å². The van der Waals surface area contributed by atoms with Gasteiger partial charge in [0.15, 0.2) is 0 Å². The van der Waals surface area contributed by atoms with Crippen LogP contribution in [0.25, 0.3) is 0 Å². The van der Waals surface area contributed by atoms with Gasteiger partial charge in [-0.2, -0.15) is 13.2 Å². The van der Waals surface area contributed by atoms with E-state index in [1.807, 2.05) is 56.3 Å². The van der Waals surface area contributed by atoms with E-state index in [0.29, 0.717) is 26.1 Å². The number of carbonyl (C=O) groups is 2. The van der Waals surface area contributed by atoms with Gasteiger partial charge in [-0.3, -0.25) is 9.59 Å². The molecule has 0 radical (unpaired) electrons. The number of thiophene rings is 1. The number of nitrogens with zero attached hydrogens (tertiary/aromatic N) is 2. The van der Waals surface area contributed by atoms with Gasteiger partial charge in [-0.15, -0.1) is 11.3 Å². The topological polar surface area (TPSA) is 40.6 Å². The van der Waals surface area contributed by atoms with Crippen molar-refractivity contribution in [1.29, 1.82) is 0 Å². The first-order chi connectivity index (χ1) is 16.2. The summed E-state index contributed by atoms with van der Waals surface area (Å²) >= 11 is 1.61. The van der Waals surface area contributed by atoms with E-state index in [1.54, 1.807) is 16.2 Å². The maximum atomic E-state index is 13.4. The van der Waals surface area contributed by atoms with E-state index < -0.39 is 17.6 Å². The number of benzene rings is 2. The Labute approximate surface area is 201 Å². The largest absolute Gasteiger partial charge is 0.416 e. The highest BCUT2D eigenvalue weighted by atomic mass is 32.1. The van der Waals surface area contributed by atoms with Gasteiger partial charge in [0, 0.05) is 28.4 Å². The Morgan fingerprint density at radius 1 is 0.882 bits per heavy atom. The van der Waals surface area contributed by atoms with Crippen molar-refractivity contribution in [2.24, 2.45) is 0 Å². The van der Waals surface area contributed by atoms with Crippen LogP contribution >= 0.6 is 11.3 Å². The molecular weight excluding hydrogens is 461 g/mol. The Morgan fingerprint density at radius 2 is 1.56 bits per heavy atom. The van der Waals surface area contributed by atoms with Gasteiger partial charge in [0.25, 0.3) is 5.91 Å². The average molecular weight is 489 g/mol. The van der Waals surface area contributed by atoms with Gasteiger partial charge in [0.2, 0.25) is 5.91 Å². The number of aryl methyl sites for hydroxylation is 1. The Hall–Kier alpha value is -3.13. The predicted molar refractivity (Wildman–Crippen MR) is 127 cm³/mol. The molecule has 34 heavy (non-hydrogen) atoms. The van der Waals surface area contributed by atoms with E-state index in [4.69, 9.17) is 0 Å². The Kier molecular flexibility index (Phi) is 8.50. The van der Waals surface area contributed by atoms with Crippen LogP contribution < -0.4 is 0 Å². The summed E-state index contributed by atoms with van der Waals surface area (Å²) in [6.45, 7) is 4.87. The molecular formula is C26H27F3N2O2S. The molecule has 0 aliphatic heterocycles. The Balaban J connectivity index is 1.78. The molecule has 8 heteroatoms. The third kappa shape index (κ3) is 6.93. The molecule has 2 aromatic carbocycles. The van der Waals surface area contributed by atoms with Crippen molar-refractivity contribution < 1.29 is 22.8 Å². The number of hydrogen-bond donors (Lipinski definition) is 0. The van der Waals surface area contributed by atoms with Crippen LogP contribution in [0.3, 0.4) is 0 Å². The molecule has 0 N–H and O–H groups in total. The molecule has 1 aromatic heterocycles. The van der Waals surface area contributed by atoms with Crippen molar-refractivity contribution in [1.82, 2.24) is 9.80 Å². The van der Waals surface area contributed by atoms with Crippen molar-refractivity contribution in [3.8, 4) is 0 Å². The van der Waals surface area contributed by atoms with Gasteiger partial charge < -0.3 is 9.80 Å². The zero-order valence-electron chi connectivity index (χ0n) is 19.1. The summed E-state index contributed by atoms with van der Waals surface area (Å²) in [5.74, 6) is -0.681. The molecule has 3 aromatic rings. The summed E-state index contributed by atoms with van der Waals surface area (Å²) in [6, 6.07) is 17.7. The molecule has 0 saturated carbocycles. The molecule has 180 valence electrons. The monoisotopic (exact) mass is 488 g/mol. The standard InChI is InChI=1S/C26H27F3N2O2S/c1-3-15-30(25(33)21-10-12-22(13-11-21)26(27,28)29)18-24(32)31(16-20-7-5-4-6-8-20)17-23-14-9-19(2)34-23/h4-14H,3,15-18H2,1-2H3. The lowest BCUT2D eigenvalue weighted by Gasteiger charge is -2.27. The van der Waals surface area contributed by atoms with E-state index >= 15 is 0 Å². The maximum Gasteiger partial charge on any atom is 0.416 e. The third-order valence-corrected chi connectivity index (χ3v) is 6.26. The highest BCUT2D eigenvalue weighted by molar-refractivity contribution is 7.11. The third-order valence-electron chi connectivity index (χ3n) is 5.28. The zero-order valence-corrected chi connectivity index (χ0v) is 20.0. The molecule has 3 rings (SSSR count).